The molecule has 1 aliphatic rings. The van der Waals surface area contributed by atoms with Gasteiger partial charge in [0.05, 0.1) is 6.61 Å². The molecule has 0 radical (unpaired) electrons. The first-order chi connectivity index (χ1) is 9.20. The van der Waals surface area contributed by atoms with Crippen LogP contribution in [-0.4, -0.2) is 13.2 Å². The first-order valence-electron chi connectivity index (χ1n) is 7.69. The lowest BCUT2D eigenvalue weighted by molar-refractivity contribution is 0.356. The fourth-order valence-corrected chi connectivity index (χ4v) is 2.79. The summed E-state index contributed by atoms with van der Waals surface area (Å²) in [5.41, 5.74) is 2.80. The van der Waals surface area contributed by atoms with E-state index in [4.69, 9.17) is 4.74 Å². The maximum Gasteiger partial charge on any atom is 0.122 e. The second-order valence-corrected chi connectivity index (χ2v) is 5.90. The highest BCUT2D eigenvalue weighted by molar-refractivity contribution is 5.40. The van der Waals surface area contributed by atoms with Gasteiger partial charge in [-0.2, -0.15) is 0 Å². The Morgan fingerprint density at radius 3 is 2.84 bits per heavy atom. The van der Waals surface area contributed by atoms with Gasteiger partial charge in [0.15, 0.2) is 0 Å². The highest BCUT2D eigenvalue weighted by Crippen LogP contribution is 2.30. The molecule has 0 amide bonds. The minimum Gasteiger partial charge on any atom is -0.493 e. The normalized spacial score (nSPS) is 15.4. The Morgan fingerprint density at radius 1 is 1.26 bits per heavy atom. The van der Waals surface area contributed by atoms with E-state index in [0.717, 1.165) is 31.2 Å². The second-order valence-electron chi connectivity index (χ2n) is 5.90. The van der Waals surface area contributed by atoms with Crippen molar-refractivity contribution in [2.24, 2.45) is 5.92 Å². The first kappa shape index (κ1) is 14.4. The molecular weight excluding hydrogens is 234 g/mol. The second kappa shape index (κ2) is 6.95. The van der Waals surface area contributed by atoms with Gasteiger partial charge >= 0.3 is 0 Å². The lowest BCUT2D eigenvalue weighted by atomic mass is 9.96. The molecule has 0 aliphatic carbocycles. The van der Waals surface area contributed by atoms with Crippen molar-refractivity contribution >= 4 is 0 Å². The molecule has 1 unspecified atom stereocenters. The summed E-state index contributed by atoms with van der Waals surface area (Å²) in [5, 5.41) is 3.62. The standard InChI is InChI=1S/C17H27NO/c1-4-18-16(7-5-6-13(2)3)14-8-9-17-15(12-14)10-11-19-17/h8-9,12-13,16,18H,4-7,10-11H2,1-3H3. The third-order valence-electron chi connectivity index (χ3n) is 3.84. The van der Waals surface area contributed by atoms with Crippen LogP contribution in [0.3, 0.4) is 0 Å². The smallest absolute Gasteiger partial charge is 0.122 e. The quantitative estimate of drug-likeness (QED) is 0.798. The Hall–Kier alpha value is -1.02. The number of hydrogen-bond acceptors (Lipinski definition) is 2. The molecule has 106 valence electrons. The van der Waals surface area contributed by atoms with Gasteiger partial charge in [-0.1, -0.05) is 45.7 Å². The number of ether oxygens (including phenoxy) is 1. The third kappa shape index (κ3) is 3.97. The van der Waals surface area contributed by atoms with Gasteiger partial charge in [0, 0.05) is 12.5 Å². The fourth-order valence-electron chi connectivity index (χ4n) is 2.79. The van der Waals surface area contributed by atoms with Crippen LogP contribution in [0.5, 0.6) is 5.75 Å². The van der Waals surface area contributed by atoms with Gasteiger partial charge in [-0.05, 0) is 36.1 Å². The molecule has 0 spiro atoms. The van der Waals surface area contributed by atoms with E-state index in [1.165, 1.54) is 30.4 Å². The van der Waals surface area contributed by atoms with Crippen LogP contribution >= 0.6 is 0 Å². The molecule has 0 aromatic heterocycles. The number of benzene rings is 1. The van der Waals surface area contributed by atoms with Crippen molar-refractivity contribution in [2.75, 3.05) is 13.2 Å². The van der Waals surface area contributed by atoms with Crippen LogP contribution in [0.2, 0.25) is 0 Å². The van der Waals surface area contributed by atoms with Crippen molar-refractivity contribution in [3.8, 4) is 5.75 Å². The molecule has 0 saturated carbocycles. The van der Waals surface area contributed by atoms with Gasteiger partial charge in [0.2, 0.25) is 0 Å². The molecule has 2 nitrogen and oxygen atoms in total. The van der Waals surface area contributed by atoms with E-state index in [-0.39, 0.29) is 0 Å². The summed E-state index contributed by atoms with van der Waals surface area (Å²) in [4.78, 5) is 0. The fraction of sp³-hybridized carbons (Fsp3) is 0.647. The average Bonchev–Trinajstić information content (AvgIpc) is 2.84. The zero-order valence-corrected chi connectivity index (χ0v) is 12.5. The van der Waals surface area contributed by atoms with Crippen LogP contribution in [0.4, 0.5) is 0 Å². The zero-order valence-electron chi connectivity index (χ0n) is 12.5. The minimum atomic E-state index is 0.495. The maximum atomic E-state index is 5.59. The topological polar surface area (TPSA) is 21.3 Å². The van der Waals surface area contributed by atoms with E-state index in [1.807, 2.05) is 0 Å². The SMILES string of the molecule is CCNC(CCCC(C)C)c1ccc2c(c1)CCO2. The van der Waals surface area contributed by atoms with Gasteiger partial charge in [-0.25, -0.2) is 0 Å². The lowest BCUT2D eigenvalue weighted by Gasteiger charge is -2.19. The van der Waals surface area contributed by atoms with Crippen LogP contribution < -0.4 is 10.1 Å². The summed E-state index contributed by atoms with van der Waals surface area (Å²) in [6.45, 7) is 8.66. The Balaban J connectivity index is 2.01. The Kier molecular flexibility index (Phi) is 5.26. The van der Waals surface area contributed by atoms with Crippen LogP contribution in [-0.2, 0) is 6.42 Å². The molecule has 0 saturated heterocycles. The van der Waals surface area contributed by atoms with Crippen LogP contribution in [0, 0.1) is 5.92 Å². The molecule has 1 N–H and O–H groups in total. The lowest BCUT2D eigenvalue weighted by Crippen LogP contribution is -2.21. The monoisotopic (exact) mass is 261 g/mol. The molecule has 1 aliphatic heterocycles. The molecule has 2 heteroatoms. The molecule has 1 aromatic rings. The molecule has 19 heavy (non-hydrogen) atoms. The van der Waals surface area contributed by atoms with E-state index in [1.54, 1.807) is 0 Å². The highest BCUT2D eigenvalue weighted by Gasteiger charge is 2.16. The van der Waals surface area contributed by atoms with E-state index >= 15 is 0 Å². The molecule has 1 aromatic carbocycles. The predicted octanol–water partition coefficient (Wildman–Crippen LogP) is 4.10. The predicted molar refractivity (Wildman–Crippen MR) is 80.7 cm³/mol. The van der Waals surface area contributed by atoms with Crippen LogP contribution in [0.15, 0.2) is 18.2 Å². The molecule has 2 rings (SSSR count). The Bertz CT molecular complexity index is 400. The van der Waals surface area contributed by atoms with E-state index in [9.17, 15) is 0 Å². The summed E-state index contributed by atoms with van der Waals surface area (Å²) in [5.74, 6) is 1.89. The van der Waals surface area contributed by atoms with Crippen molar-refractivity contribution in [2.45, 2.75) is 52.5 Å². The molecular formula is C17H27NO. The van der Waals surface area contributed by atoms with Crippen LogP contribution in [0.1, 0.15) is 57.2 Å². The van der Waals surface area contributed by atoms with E-state index < -0.39 is 0 Å². The number of rotatable bonds is 7. The first-order valence-corrected chi connectivity index (χ1v) is 7.69. The van der Waals surface area contributed by atoms with Crippen LogP contribution in [0.25, 0.3) is 0 Å². The summed E-state index contributed by atoms with van der Waals surface area (Å²) in [6.07, 6.45) is 4.90. The highest BCUT2D eigenvalue weighted by atomic mass is 16.5. The molecule has 1 heterocycles. The van der Waals surface area contributed by atoms with Crippen molar-refractivity contribution in [3.63, 3.8) is 0 Å². The van der Waals surface area contributed by atoms with Gasteiger partial charge in [0.1, 0.15) is 5.75 Å². The number of hydrogen-bond donors (Lipinski definition) is 1. The largest absolute Gasteiger partial charge is 0.493 e. The number of fused-ring (bicyclic) bond motifs is 1. The maximum absolute atomic E-state index is 5.59. The molecule has 0 fully saturated rings. The summed E-state index contributed by atoms with van der Waals surface area (Å²) in [6, 6.07) is 7.21. The summed E-state index contributed by atoms with van der Waals surface area (Å²) < 4.78 is 5.59. The zero-order chi connectivity index (χ0) is 13.7. The summed E-state index contributed by atoms with van der Waals surface area (Å²) >= 11 is 0. The molecule has 1 atom stereocenters. The third-order valence-corrected chi connectivity index (χ3v) is 3.84. The van der Waals surface area contributed by atoms with Gasteiger partial charge < -0.3 is 10.1 Å². The minimum absolute atomic E-state index is 0.495. The Labute approximate surface area is 117 Å². The van der Waals surface area contributed by atoms with Crippen molar-refractivity contribution in [1.29, 1.82) is 0 Å². The average molecular weight is 261 g/mol. The van der Waals surface area contributed by atoms with Gasteiger partial charge in [-0.15, -0.1) is 0 Å². The molecule has 0 bridgehead atoms. The van der Waals surface area contributed by atoms with E-state index in [2.05, 4.69) is 44.3 Å². The van der Waals surface area contributed by atoms with Crippen molar-refractivity contribution < 1.29 is 4.74 Å². The van der Waals surface area contributed by atoms with Gasteiger partial charge in [-0.3, -0.25) is 0 Å². The van der Waals surface area contributed by atoms with E-state index in [0.29, 0.717) is 6.04 Å². The number of nitrogens with one attached hydrogen (secondary N) is 1. The Morgan fingerprint density at radius 2 is 2.11 bits per heavy atom. The summed E-state index contributed by atoms with van der Waals surface area (Å²) in [7, 11) is 0. The van der Waals surface area contributed by atoms with Gasteiger partial charge in [0.25, 0.3) is 0 Å². The van der Waals surface area contributed by atoms with Crippen molar-refractivity contribution in [3.05, 3.63) is 29.3 Å². The van der Waals surface area contributed by atoms with Crippen molar-refractivity contribution in [1.82, 2.24) is 5.32 Å².